The first-order valence-electron chi connectivity index (χ1n) is 7.53. The number of nitrogens with zero attached hydrogens (tertiary/aromatic N) is 1. The summed E-state index contributed by atoms with van der Waals surface area (Å²) in [5, 5.41) is 4.56. The summed E-state index contributed by atoms with van der Waals surface area (Å²) in [6, 6.07) is 6.12. The van der Waals surface area contributed by atoms with Gasteiger partial charge in [0, 0.05) is 6.54 Å². The Hall–Kier alpha value is -1.29. The van der Waals surface area contributed by atoms with Gasteiger partial charge in [0.25, 0.3) is 0 Å². The van der Waals surface area contributed by atoms with Gasteiger partial charge in [-0.1, -0.05) is 31.1 Å². The zero-order valence-electron chi connectivity index (χ0n) is 12.2. The molecule has 0 amide bonds. The normalized spacial score (nSPS) is 22.3. The van der Waals surface area contributed by atoms with E-state index in [9.17, 15) is 0 Å². The van der Waals surface area contributed by atoms with Crippen LogP contribution in [0.4, 0.5) is 5.13 Å². The first-order chi connectivity index (χ1) is 9.76. The third-order valence-corrected chi connectivity index (χ3v) is 5.20. The number of anilines is 1. The predicted molar refractivity (Wildman–Crippen MR) is 85.8 cm³/mol. The summed E-state index contributed by atoms with van der Waals surface area (Å²) in [5.41, 5.74) is 1.06. The van der Waals surface area contributed by atoms with Crippen LogP contribution in [0.2, 0.25) is 0 Å². The second-order valence-electron chi connectivity index (χ2n) is 5.63. The summed E-state index contributed by atoms with van der Waals surface area (Å²) < 4.78 is 6.73. The number of benzene rings is 1. The zero-order chi connectivity index (χ0) is 13.9. The molecule has 108 valence electrons. The van der Waals surface area contributed by atoms with Gasteiger partial charge in [-0.25, -0.2) is 4.98 Å². The summed E-state index contributed by atoms with van der Waals surface area (Å²) in [7, 11) is 0. The number of hydrogen-bond acceptors (Lipinski definition) is 4. The van der Waals surface area contributed by atoms with Crippen molar-refractivity contribution < 1.29 is 4.74 Å². The lowest BCUT2D eigenvalue weighted by molar-refractivity contribution is 0.341. The van der Waals surface area contributed by atoms with Crippen LogP contribution in [-0.4, -0.2) is 18.1 Å². The highest BCUT2D eigenvalue weighted by Gasteiger charge is 2.23. The molecule has 3 nitrogen and oxygen atoms in total. The Balaban J connectivity index is 1.69. The Morgan fingerprint density at radius 2 is 2.30 bits per heavy atom. The van der Waals surface area contributed by atoms with Crippen LogP contribution in [0.15, 0.2) is 18.2 Å². The van der Waals surface area contributed by atoms with Gasteiger partial charge >= 0.3 is 0 Å². The van der Waals surface area contributed by atoms with Crippen molar-refractivity contribution in [3.05, 3.63) is 18.2 Å². The third kappa shape index (κ3) is 2.90. The highest BCUT2D eigenvalue weighted by Crippen LogP contribution is 2.33. The molecule has 4 heteroatoms. The molecule has 0 aliphatic heterocycles. The molecule has 1 aliphatic rings. The zero-order valence-corrected chi connectivity index (χ0v) is 13.0. The van der Waals surface area contributed by atoms with Gasteiger partial charge < -0.3 is 10.1 Å². The van der Waals surface area contributed by atoms with Crippen LogP contribution in [0.1, 0.15) is 33.1 Å². The lowest BCUT2D eigenvalue weighted by Crippen LogP contribution is -2.16. The average Bonchev–Trinajstić information content (AvgIpc) is 3.02. The minimum atomic E-state index is 0.703. The van der Waals surface area contributed by atoms with E-state index < -0.39 is 0 Å². The molecule has 1 N–H and O–H groups in total. The van der Waals surface area contributed by atoms with E-state index in [1.54, 1.807) is 11.3 Å². The van der Waals surface area contributed by atoms with Crippen LogP contribution < -0.4 is 10.1 Å². The first kappa shape index (κ1) is 13.7. The number of ether oxygens (including phenoxy) is 1. The second-order valence-corrected chi connectivity index (χ2v) is 6.66. The van der Waals surface area contributed by atoms with Crippen molar-refractivity contribution in [2.45, 2.75) is 33.1 Å². The van der Waals surface area contributed by atoms with Gasteiger partial charge in [0.15, 0.2) is 5.13 Å². The maximum Gasteiger partial charge on any atom is 0.183 e. The van der Waals surface area contributed by atoms with E-state index in [1.807, 2.05) is 19.1 Å². The smallest absolute Gasteiger partial charge is 0.183 e. The average molecular weight is 290 g/mol. The molecule has 0 saturated heterocycles. The predicted octanol–water partition coefficient (Wildman–Crippen LogP) is 4.54. The molecule has 0 bridgehead atoms. The third-order valence-electron chi connectivity index (χ3n) is 4.23. The fourth-order valence-electron chi connectivity index (χ4n) is 2.98. The Morgan fingerprint density at radius 1 is 1.40 bits per heavy atom. The topological polar surface area (TPSA) is 34.1 Å². The second kappa shape index (κ2) is 6.00. The lowest BCUT2D eigenvalue weighted by Gasteiger charge is -2.14. The van der Waals surface area contributed by atoms with E-state index >= 15 is 0 Å². The Labute approximate surface area is 124 Å². The number of hydrogen-bond donors (Lipinski definition) is 1. The molecule has 3 rings (SSSR count). The molecule has 0 radical (unpaired) electrons. The summed E-state index contributed by atoms with van der Waals surface area (Å²) in [6.45, 7) is 6.13. The summed E-state index contributed by atoms with van der Waals surface area (Å²) >= 11 is 1.72. The maximum atomic E-state index is 5.54. The number of fused-ring (bicyclic) bond motifs is 1. The standard InChI is InChI=1S/C16H22N2OS/c1-3-19-13-7-8-14-15(9-13)20-16(18-14)17-10-12-6-4-5-11(12)2/h7-9,11-12H,3-6,10H2,1-2H3,(H,17,18). The molecule has 1 aromatic heterocycles. The summed E-state index contributed by atoms with van der Waals surface area (Å²) in [6.07, 6.45) is 4.11. The molecule has 2 aromatic rings. The Bertz CT molecular complexity index is 581. The van der Waals surface area contributed by atoms with Crippen LogP contribution in [0.3, 0.4) is 0 Å². The monoisotopic (exact) mass is 290 g/mol. The van der Waals surface area contributed by atoms with Crippen molar-refractivity contribution in [1.29, 1.82) is 0 Å². The van der Waals surface area contributed by atoms with Crippen LogP contribution in [0, 0.1) is 11.8 Å². The summed E-state index contributed by atoms with van der Waals surface area (Å²) in [5.74, 6) is 2.59. The van der Waals surface area contributed by atoms with E-state index in [0.717, 1.165) is 34.8 Å². The number of rotatable bonds is 5. The van der Waals surface area contributed by atoms with Crippen LogP contribution in [-0.2, 0) is 0 Å². The number of aromatic nitrogens is 1. The first-order valence-corrected chi connectivity index (χ1v) is 8.35. The molecule has 20 heavy (non-hydrogen) atoms. The Morgan fingerprint density at radius 3 is 3.05 bits per heavy atom. The van der Waals surface area contributed by atoms with Gasteiger partial charge in [0.05, 0.1) is 16.8 Å². The minimum Gasteiger partial charge on any atom is -0.494 e. The molecule has 2 atom stereocenters. The quantitative estimate of drug-likeness (QED) is 0.877. The highest BCUT2D eigenvalue weighted by atomic mass is 32.1. The van der Waals surface area contributed by atoms with Gasteiger partial charge in [0.2, 0.25) is 0 Å². The van der Waals surface area contributed by atoms with Crippen LogP contribution in [0.5, 0.6) is 5.75 Å². The van der Waals surface area contributed by atoms with E-state index in [2.05, 4.69) is 23.3 Å². The molecule has 1 saturated carbocycles. The lowest BCUT2D eigenvalue weighted by atomic mass is 9.98. The van der Waals surface area contributed by atoms with Gasteiger partial charge in [-0.15, -0.1) is 0 Å². The number of nitrogens with one attached hydrogen (secondary N) is 1. The molecule has 1 heterocycles. The van der Waals surface area contributed by atoms with Gasteiger partial charge in [-0.3, -0.25) is 0 Å². The SMILES string of the molecule is CCOc1ccc2nc(NCC3CCCC3C)sc2c1. The molecular weight excluding hydrogens is 268 g/mol. The van der Waals surface area contributed by atoms with Crippen molar-refractivity contribution in [3.8, 4) is 5.75 Å². The van der Waals surface area contributed by atoms with E-state index in [1.165, 1.54) is 24.0 Å². The molecule has 1 aromatic carbocycles. The minimum absolute atomic E-state index is 0.703. The van der Waals surface area contributed by atoms with Crippen LogP contribution in [0.25, 0.3) is 10.2 Å². The fourth-order valence-corrected chi connectivity index (χ4v) is 3.88. The molecule has 1 fully saturated rings. The van der Waals surface area contributed by atoms with Gasteiger partial charge in [-0.2, -0.15) is 0 Å². The van der Waals surface area contributed by atoms with Crippen molar-refractivity contribution in [3.63, 3.8) is 0 Å². The number of thiazole rings is 1. The summed E-state index contributed by atoms with van der Waals surface area (Å²) in [4.78, 5) is 4.65. The highest BCUT2D eigenvalue weighted by molar-refractivity contribution is 7.22. The van der Waals surface area contributed by atoms with Crippen molar-refractivity contribution in [2.75, 3.05) is 18.5 Å². The van der Waals surface area contributed by atoms with E-state index in [-0.39, 0.29) is 0 Å². The Kier molecular flexibility index (Phi) is 4.10. The fraction of sp³-hybridized carbons (Fsp3) is 0.562. The van der Waals surface area contributed by atoms with Gasteiger partial charge in [0.1, 0.15) is 5.75 Å². The molecule has 1 aliphatic carbocycles. The van der Waals surface area contributed by atoms with E-state index in [4.69, 9.17) is 4.74 Å². The maximum absolute atomic E-state index is 5.54. The van der Waals surface area contributed by atoms with Crippen molar-refractivity contribution in [1.82, 2.24) is 4.98 Å². The van der Waals surface area contributed by atoms with Gasteiger partial charge in [-0.05, 0) is 43.4 Å². The molecular formula is C16H22N2OS. The molecule has 2 unspecified atom stereocenters. The van der Waals surface area contributed by atoms with Crippen molar-refractivity contribution >= 4 is 26.7 Å². The van der Waals surface area contributed by atoms with Crippen LogP contribution >= 0.6 is 11.3 Å². The largest absolute Gasteiger partial charge is 0.494 e. The van der Waals surface area contributed by atoms with Crippen molar-refractivity contribution in [2.24, 2.45) is 11.8 Å². The van der Waals surface area contributed by atoms with E-state index in [0.29, 0.717) is 6.61 Å². The molecule has 0 spiro atoms.